The van der Waals surface area contributed by atoms with Crippen molar-refractivity contribution in [1.29, 1.82) is 0 Å². The van der Waals surface area contributed by atoms with Crippen LogP contribution in [0.3, 0.4) is 0 Å². The quantitative estimate of drug-likeness (QED) is 0.677. The topological polar surface area (TPSA) is 28.5 Å². The molecular weight excluding hydrogens is 382 g/mol. The zero-order valence-electron chi connectivity index (χ0n) is 20.0. The van der Waals surface area contributed by atoms with Gasteiger partial charge in [0.1, 0.15) is 0 Å². The lowest BCUT2D eigenvalue weighted by Gasteiger charge is -2.46. The molecule has 1 saturated carbocycles. The number of fused-ring (bicyclic) bond motifs is 2. The lowest BCUT2D eigenvalue weighted by molar-refractivity contribution is -0.140. The number of amides is 1. The predicted octanol–water partition coefficient (Wildman–Crippen LogP) is 5.22. The van der Waals surface area contributed by atoms with Crippen molar-refractivity contribution >= 4 is 16.8 Å². The highest BCUT2D eigenvalue weighted by molar-refractivity contribution is 5.89. The van der Waals surface area contributed by atoms with Crippen LogP contribution >= 0.6 is 0 Å². The fraction of sp³-hybridized carbons (Fsp3) is 0.667. The number of rotatable bonds is 4. The first-order valence-corrected chi connectivity index (χ1v) is 12.5. The van der Waals surface area contributed by atoms with Gasteiger partial charge in [0, 0.05) is 54.2 Å². The van der Waals surface area contributed by atoms with Crippen LogP contribution in [0.2, 0.25) is 0 Å². The number of likely N-dealkylation sites (tertiary alicyclic amines) is 1. The summed E-state index contributed by atoms with van der Waals surface area (Å²) >= 11 is 0. The van der Waals surface area contributed by atoms with Gasteiger partial charge in [0.2, 0.25) is 5.91 Å². The van der Waals surface area contributed by atoms with Crippen molar-refractivity contribution in [2.75, 3.05) is 20.1 Å². The first-order chi connectivity index (χ1) is 14.9. The van der Waals surface area contributed by atoms with Crippen LogP contribution in [-0.2, 0) is 11.2 Å². The monoisotopic (exact) mass is 421 g/mol. The van der Waals surface area contributed by atoms with E-state index in [2.05, 4.69) is 73.5 Å². The average Bonchev–Trinajstić information content (AvgIpc) is 3.34. The van der Waals surface area contributed by atoms with E-state index >= 15 is 0 Å². The molecule has 3 aliphatic rings. The zero-order chi connectivity index (χ0) is 21.9. The van der Waals surface area contributed by atoms with Crippen LogP contribution in [0.1, 0.15) is 76.5 Å². The maximum atomic E-state index is 13.7. The van der Waals surface area contributed by atoms with Gasteiger partial charge in [0.15, 0.2) is 0 Å². The van der Waals surface area contributed by atoms with E-state index in [1.807, 2.05) is 0 Å². The van der Waals surface area contributed by atoms with Crippen molar-refractivity contribution in [3.8, 4) is 0 Å². The number of likely N-dealkylation sites (N-methyl/N-ethyl adjacent to an activating group) is 1. The average molecular weight is 422 g/mol. The van der Waals surface area contributed by atoms with Gasteiger partial charge >= 0.3 is 0 Å². The van der Waals surface area contributed by atoms with Crippen molar-refractivity contribution in [2.24, 2.45) is 11.8 Å². The molecule has 2 aromatic rings. The Bertz CT molecular complexity index is 976. The summed E-state index contributed by atoms with van der Waals surface area (Å²) in [6, 6.07) is 8.27. The van der Waals surface area contributed by atoms with E-state index in [9.17, 15) is 4.79 Å². The highest BCUT2D eigenvalue weighted by Gasteiger charge is 2.43. The maximum Gasteiger partial charge on any atom is 0.227 e. The fourth-order valence-electron chi connectivity index (χ4n) is 6.97. The third kappa shape index (κ3) is 3.42. The molecule has 1 amide bonds. The van der Waals surface area contributed by atoms with E-state index in [0.717, 1.165) is 31.8 Å². The number of hydrogen-bond donors (Lipinski definition) is 0. The van der Waals surface area contributed by atoms with Crippen molar-refractivity contribution in [1.82, 2.24) is 14.4 Å². The minimum Gasteiger partial charge on any atom is -0.345 e. The van der Waals surface area contributed by atoms with Gasteiger partial charge < -0.3 is 14.4 Å². The highest BCUT2D eigenvalue weighted by atomic mass is 16.2. The molecule has 2 aliphatic carbocycles. The SMILES string of the molecule is CCN(C(=O)[C@@H]1C[C@@H]2c3cccc4c3c(cn4C(C)C)C[C@H]2N(C)C1)C1CCC(C)C1. The first kappa shape index (κ1) is 21.1. The molecule has 1 aromatic carbocycles. The van der Waals surface area contributed by atoms with Crippen molar-refractivity contribution in [3.63, 3.8) is 0 Å². The number of nitrogens with zero attached hydrogens (tertiary/aromatic N) is 3. The number of benzene rings is 1. The number of aromatic nitrogens is 1. The van der Waals surface area contributed by atoms with Gasteiger partial charge in [0.05, 0.1) is 5.92 Å². The Kier molecular flexibility index (Phi) is 5.40. The Hall–Kier alpha value is -1.81. The number of carbonyl (C=O) groups is 1. The molecule has 0 radical (unpaired) electrons. The van der Waals surface area contributed by atoms with E-state index in [1.54, 1.807) is 0 Å². The second kappa shape index (κ2) is 7.95. The third-order valence-corrected chi connectivity index (χ3v) is 8.51. The minimum absolute atomic E-state index is 0.117. The van der Waals surface area contributed by atoms with Gasteiger partial charge in [-0.1, -0.05) is 19.1 Å². The summed E-state index contributed by atoms with van der Waals surface area (Å²) in [4.78, 5) is 18.4. The van der Waals surface area contributed by atoms with Crippen LogP contribution in [0.15, 0.2) is 24.4 Å². The normalized spacial score (nSPS) is 30.7. The van der Waals surface area contributed by atoms with E-state index in [1.165, 1.54) is 41.3 Å². The van der Waals surface area contributed by atoms with Gasteiger partial charge in [-0.25, -0.2) is 0 Å². The summed E-state index contributed by atoms with van der Waals surface area (Å²) in [6.07, 6.45) is 8.12. The molecule has 0 bridgehead atoms. The molecule has 4 nitrogen and oxygen atoms in total. The lowest BCUT2D eigenvalue weighted by atomic mass is 9.72. The summed E-state index contributed by atoms with van der Waals surface area (Å²) in [5, 5.41) is 1.47. The molecule has 31 heavy (non-hydrogen) atoms. The lowest BCUT2D eigenvalue weighted by Crippen LogP contribution is -2.53. The summed E-state index contributed by atoms with van der Waals surface area (Å²) < 4.78 is 2.44. The molecule has 1 aromatic heterocycles. The zero-order valence-corrected chi connectivity index (χ0v) is 20.0. The molecular formula is C27H39N3O. The molecule has 2 unspecified atom stereocenters. The molecule has 0 N–H and O–H groups in total. The van der Waals surface area contributed by atoms with Crippen molar-refractivity contribution < 1.29 is 4.79 Å². The molecule has 0 spiro atoms. The van der Waals surface area contributed by atoms with Crippen LogP contribution in [0, 0.1) is 11.8 Å². The highest BCUT2D eigenvalue weighted by Crippen LogP contribution is 2.46. The summed E-state index contributed by atoms with van der Waals surface area (Å²) in [7, 11) is 2.25. The molecule has 1 saturated heterocycles. The Morgan fingerprint density at radius 2 is 2.03 bits per heavy atom. The van der Waals surface area contributed by atoms with Crippen molar-refractivity contribution in [3.05, 3.63) is 35.5 Å². The van der Waals surface area contributed by atoms with Crippen LogP contribution in [0.25, 0.3) is 10.9 Å². The molecule has 5 rings (SSSR count). The maximum absolute atomic E-state index is 13.7. The Morgan fingerprint density at radius 1 is 1.23 bits per heavy atom. The summed E-state index contributed by atoms with van der Waals surface area (Å²) in [5.41, 5.74) is 4.34. The van der Waals surface area contributed by atoms with Gasteiger partial charge in [-0.05, 0) is 83.0 Å². The van der Waals surface area contributed by atoms with Gasteiger partial charge in [0.25, 0.3) is 0 Å². The smallest absolute Gasteiger partial charge is 0.227 e. The first-order valence-electron chi connectivity index (χ1n) is 12.5. The molecule has 2 heterocycles. The van der Waals surface area contributed by atoms with Crippen LogP contribution < -0.4 is 0 Å². The molecule has 168 valence electrons. The molecule has 2 fully saturated rings. The van der Waals surface area contributed by atoms with Crippen molar-refractivity contribution in [2.45, 2.75) is 83.8 Å². The van der Waals surface area contributed by atoms with E-state index < -0.39 is 0 Å². The molecule has 5 atom stereocenters. The predicted molar refractivity (Wildman–Crippen MR) is 127 cm³/mol. The van der Waals surface area contributed by atoms with Gasteiger partial charge in [-0.2, -0.15) is 0 Å². The Labute approximate surface area is 187 Å². The van der Waals surface area contributed by atoms with Gasteiger partial charge in [-0.15, -0.1) is 0 Å². The number of carbonyl (C=O) groups excluding carboxylic acids is 1. The second-order valence-corrected chi connectivity index (χ2v) is 10.8. The summed E-state index contributed by atoms with van der Waals surface area (Å²) in [5.74, 6) is 1.73. The molecule has 4 heteroatoms. The van der Waals surface area contributed by atoms with E-state index in [4.69, 9.17) is 0 Å². The number of hydrogen-bond acceptors (Lipinski definition) is 2. The fourth-order valence-corrected chi connectivity index (χ4v) is 6.97. The van der Waals surface area contributed by atoms with E-state index in [-0.39, 0.29) is 5.92 Å². The van der Waals surface area contributed by atoms with Crippen LogP contribution in [0.5, 0.6) is 0 Å². The van der Waals surface area contributed by atoms with Crippen LogP contribution in [0.4, 0.5) is 0 Å². The Morgan fingerprint density at radius 3 is 2.71 bits per heavy atom. The van der Waals surface area contributed by atoms with Gasteiger partial charge in [-0.3, -0.25) is 4.79 Å². The number of piperidine rings is 1. The third-order valence-electron chi connectivity index (χ3n) is 8.51. The summed E-state index contributed by atoms with van der Waals surface area (Å²) in [6.45, 7) is 10.8. The van der Waals surface area contributed by atoms with Crippen LogP contribution in [-0.4, -0.2) is 52.5 Å². The second-order valence-electron chi connectivity index (χ2n) is 10.8. The van der Waals surface area contributed by atoms with E-state index in [0.29, 0.717) is 30.0 Å². The minimum atomic E-state index is 0.117. The largest absolute Gasteiger partial charge is 0.345 e. The molecule has 1 aliphatic heterocycles. The standard InChI is InChI=1S/C27H39N3O/c1-6-29(21-11-10-18(4)12-21)27(31)20-13-23-22-8-7-9-24-26(22)19(16-30(24)17(2)3)14-25(23)28(5)15-20/h7-9,16-18,20-21,23,25H,6,10-15H2,1-5H3/t18?,20-,21?,23-,25-/m1/s1. The Balaban J connectivity index is 1.46.